The van der Waals surface area contributed by atoms with Crippen molar-refractivity contribution < 1.29 is 17.9 Å². The second-order valence-corrected chi connectivity index (χ2v) is 8.42. The van der Waals surface area contributed by atoms with Gasteiger partial charge in [0, 0.05) is 38.8 Å². The van der Waals surface area contributed by atoms with Gasteiger partial charge in [-0.05, 0) is 38.1 Å². The van der Waals surface area contributed by atoms with Gasteiger partial charge < -0.3 is 15.0 Å². The minimum Gasteiger partial charge on any atom is -0.495 e. The highest BCUT2D eigenvalue weighted by atomic mass is 35.5. The first-order valence-electron chi connectivity index (χ1n) is 9.00. The summed E-state index contributed by atoms with van der Waals surface area (Å²) in [6.07, 6.45) is 3.79. The fourth-order valence-electron chi connectivity index (χ4n) is 3.03. The second kappa shape index (κ2) is 10.8. The van der Waals surface area contributed by atoms with Gasteiger partial charge in [-0.25, -0.2) is 8.42 Å². The summed E-state index contributed by atoms with van der Waals surface area (Å²) >= 11 is 0. The normalized spacial score (nSPS) is 15.5. The van der Waals surface area contributed by atoms with Crippen molar-refractivity contribution in [1.29, 1.82) is 0 Å². The van der Waals surface area contributed by atoms with Gasteiger partial charge in [-0.1, -0.05) is 12.8 Å². The number of benzene rings is 1. The topological polar surface area (TPSA) is 79.0 Å². The summed E-state index contributed by atoms with van der Waals surface area (Å²) in [7, 11) is 1.26. The van der Waals surface area contributed by atoms with Gasteiger partial charge in [0.15, 0.2) is 0 Å². The van der Waals surface area contributed by atoms with Crippen LogP contribution in [-0.4, -0.2) is 70.9 Å². The number of hydrogen-bond donors (Lipinski definition) is 1. The number of carbonyl (C=O) groups excluding carboxylic acids is 1. The minimum absolute atomic E-state index is 0. The quantitative estimate of drug-likeness (QED) is 0.731. The van der Waals surface area contributed by atoms with Crippen LogP contribution in [0.1, 0.15) is 36.0 Å². The molecule has 1 aliphatic heterocycles. The lowest BCUT2D eigenvalue weighted by molar-refractivity contribution is 0.0796. The van der Waals surface area contributed by atoms with Gasteiger partial charge in [0.2, 0.25) is 10.0 Å². The molecule has 154 valence electrons. The Balaban J connectivity index is 0.00000364. The molecule has 0 spiro atoms. The molecule has 9 heteroatoms. The molecule has 1 N–H and O–H groups in total. The van der Waals surface area contributed by atoms with E-state index < -0.39 is 10.0 Å². The Morgan fingerprint density at radius 2 is 1.85 bits per heavy atom. The van der Waals surface area contributed by atoms with Crippen molar-refractivity contribution >= 4 is 28.3 Å². The van der Waals surface area contributed by atoms with Crippen LogP contribution in [0.4, 0.5) is 0 Å². The number of ether oxygens (including phenoxy) is 1. The number of sulfonamides is 1. The molecule has 1 heterocycles. The number of likely N-dealkylation sites (N-methyl/N-ethyl adjacent to an activating group) is 2. The number of hydrogen-bond acceptors (Lipinski definition) is 5. The maximum atomic E-state index is 13.1. The van der Waals surface area contributed by atoms with Crippen LogP contribution in [0.15, 0.2) is 23.1 Å². The zero-order valence-corrected chi connectivity index (χ0v) is 17.9. The van der Waals surface area contributed by atoms with Gasteiger partial charge >= 0.3 is 0 Å². The van der Waals surface area contributed by atoms with Crippen LogP contribution in [0.3, 0.4) is 0 Å². The van der Waals surface area contributed by atoms with E-state index in [0.29, 0.717) is 31.7 Å². The number of rotatable bonds is 7. The number of amides is 1. The van der Waals surface area contributed by atoms with Crippen LogP contribution >= 0.6 is 12.4 Å². The van der Waals surface area contributed by atoms with E-state index >= 15 is 0 Å². The second-order valence-electron chi connectivity index (χ2n) is 6.51. The highest BCUT2D eigenvalue weighted by Gasteiger charge is 2.29. The van der Waals surface area contributed by atoms with Gasteiger partial charge in [-0.15, -0.1) is 12.4 Å². The predicted octanol–water partition coefficient (Wildman–Crippen LogP) is 1.97. The molecule has 7 nitrogen and oxygen atoms in total. The molecule has 27 heavy (non-hydrogen) atoms. The maximum Gasteiger partial charge on any atom is 0.253 e. The summed E-state index contributed by atoms with van der Waals surface area (Å²) in [6, 6.07) is 4.61. The fraction of sp³-hybridized carbons (Fsp3) is 0.611. The zero-order chi connectivity index (χ0) is 19.2. The van der Waals surface area contributed by atoms with Gasteiger partial charge in [0.05, 0.1) is 7.11 Å². The molecule has 0 saturated carbocycles. The van der Waals surface area contributed by atoms with E-state index in [2.05, 4.69) is 5.32 Å². The van der Waals surface area contributed by atoms with E-state index in [4.69, 9.17) is 4.74 Å². The van der Waals surface area contributed by atoms with E-state index in [0.717, 1.165) is 25.7 Å². The standard InChI is InChI=1S/C18H29N3O4S.ClH/c1-19-10-13-20(2)18(22)15-8-9-16(25-3)17(14-15)26(23,24)21-11-6-4-5-7-12-21;/h8-9,14,19H,4-7,10-13H2,1-3H3;1H. The molecule has 1 saturated heterocycles. The smallest absolute Gasteiger partial charge is 0.253 e. The summed E-state index contributed by atoms with van der Waals surface area (Å²) in [4.78, 5) is 14.2. The van der Waals surface area contributed by atoms with E-state index in [-0.39, 0.29) is 29.0 Å². The molecule has 1 amide bonds. The van der Waals surface area contributed by atoms with E-state index in [9.17, 15) is 13.2 Å². The molecule has 1 aromatic rings. The fourth-order valence-corrected chi connectivity index (χ4v) is 4.73. The van der Waals surface area contributed by atoms with Crippen molar-refractivity contribution in [2.45, 2.75) is 30.6 Å². The molecule has 0 aliphatic carbocycles. The number of nitrogens with zero attached hydrogens (tertiary/aromatic N) is 2. The summed E-state index contributed by atoms with van der Waals surface area (Å²) in [5, 5.41) is 2.99. The van der Waals surface area contributed by atoms with Crippen LogP contribution in [0, 0.1) is 0 Å². The maximum absolute atomic E-state index is 13.1. The Bertz CT molecular complexity index is 719. The molecule has 0 unspecified atom stereocenters. The molecule has 0 bridgehead atoms. The van der Waals surface area contributed by atoms with E-state index in [1.807, 2.05) is 7.05 Å². The highest BCUT2D eigenvalue weighted by Crippen LogP contribution is 2.29. The molecule has 1 fully saturated rings. The molecule has 0 atom stereocenters. The summed E-state index contributed by atoms with van der Waals surface area (Å²) in [5.74, 6) is 0.0545. The van der Waals surface area contributed by atoms with Crippen molar-refractivity contribution in [2.75, 3.05) is 47.4 Å². The Labute approximate surface area is 168 Å². The van der Waals surface area contributed by atoms with Crippen LogP contribution in [-0.2, 0) is 10.0 Å². The van der Waals surface area contributed by atoms with Crippen molar-refractivity contribution in [3.05, 3.63) is 23.8 Å². The third-order valence-electron chi connectivity index (χ3n) is 4.64. The first-order valence-corrected chi connectivity index (χ1v) is 10.4. The number of nitrogens with one attached hydrogen (secondary N) is 1. The van der Waals surface area contributed by atoms with Crippen LogP contribution in [0.25, 0.3) is 0 Å². The first kappa shape index (κ1) is 23.7. The third kappa shape index (κ3) is 5.81. The van der Waals surface area contributed by atoms with Crippen LogP contribution in [0.5, 0.6) is 5.75 Å². The Kier molecular flexibility index (Phi) is 9.52. The van der Waals surface area contributed by atoms with Crippen molar-refractivity contribution in [3.63, 3.8) is 0 Å². The predicted molar refractivity (Wildman–Crippen MR) is 108 cm³/mol. The van der Waals surface area contributed by atoms with E-state index in [1.54, 1.807) is 24.1 Å². The molecule has 0 aromatic heterocycles. The Morgan fingerprint density at radius 1 is 1.22 bits per heavy atom. The lowest BCUT2D eigenvalue weighted by Gasteiger charge is -2.22. The third-order valence-corrected chi connectivity index (χ3v) is 6.56. The molecular weight excluding hydrogens is 390 g/mol. The number of carbonyl (C=O) groups is 1. The van der Waals surface area contributed by atoms with Crippen molar-refractivity contribution in [2.24, 2.45) is 0 Å². The molecule has 1 aromatic carbocycles. The lowest BCUT2D eigenvalue weighted by atomic mass is 10.2. The Hall–Kier alpha value is -1.35. The largest absolute Gasteiger partial charge is 0.495 e. The highest BCUT2D eigenvalue weighted by molar-refractivity contribution is 7.89. The summed E-state index contributed by atoms with van der Waals surface area (Å²) in [6.45, 7) is 2.21. The molecule has 1 aliphatic rings. The van der Waals surface area contributed by atoms with Crippen molar-refractivity contribution in [1.82, 2.24) is 14.5 Å². The molecule has 2 rings (SSSR count). The van der Waals surface area contributed by atoms with Gasteiger partial charge in [0.25, 0.3) is 5.91 Å². The summed E-state index contributed by atoms with van der Waals surface area (Å²) < 4.78 is 33.1. The van der Waals surface area contributed by atoms with Gasteiger partial charge in [0.1, 0.15) is 10.6 Å². The van der Waals surface area contributed by atoms with Gasteiger partial charge in [-0.3, -0.25) is 4.79 Å². The minimum atomic E-state index is -3.70. The molecule has 0 radical (unpaired) electrons. The van der Waals surface area contributed by atoms with E-state index in [1.165, 1.54) is 17.5 Å². The van der Waals surface area contributed by atoms with Crippen LogP contribution in [0.2, 0.25) is 0 Å². The SMILES string of the molecule is CNCCN(C)C(=O)c1ccc(OC)c(S(=O)(=O)N2CCCCCC2)c1.Cl. The summed E-state index contributed by atoms with van der Waals surface area (Å²) in [5.41, 5.74) is 0.345. The number of methoxy groups -OCH3 is 1. The van der Waals surface area contributed by atoms with Crippen molar-refractivity contribution in [3.8, 4) is 5.75 Å². The van der Waals surface area contributed by atoms with Gasteiger partial charge in [-0.2, -0.15) is 4.31 Å². The molecular formula is C18H30ClN3O4S. The van der Waals surface area contributed by atoms with Crippen LogP contribution < -0.4 is 10.1 Å². The zero-order valence-electron chi connectivity index (χ0n) is 16.2. The number of halogens is 1. The average Bonchev–Trinajstić information content (AvgIpc) is 2.95. The first-order chi connectivity index (χ1) is 12.4. The lowest BCUT2D eigenvalue weighted by Crippen LogP contribution is -2.34. The average molecular weight is 420 g/mol. The Morgan fingerprint density at radius 3 is 2.41 bits per heavy atom. The monoisotopic (exact) mass is 419 g/mol.